The van der Waals surface area contributed by atoms with Gasteiger partial charge in [0.25, 0.3) is 0 Å². The number of benzene rings is 1. The van der Waals surface area contributed by atoms with Crippen LogP contribution in [0.4, 0.5) is 8.78 Å². The Morgan fingerprint density at radius 3 is 2.80 bits per heavy atom. The molecule has 4 heteroatoms. The van der Waals surface area contributed by atoms with Crippen molar-refractivity contribution < 1.29 is 13.6 Å². The molecule has 0 saturated carbocycles. The van der Waals surface area contributed by atoms with Crippen LogP contribution in [0.5, 0.6) is 0 Å². The van der Waals surface area contributed by atoms with Crippen molar-refractivity contribution in [1.82, 2.24) is 4.90 Å². The molecule has 1 aliphatic heterocycles. The minimum atomic E-state index is -1.03. The van der Waals surface area contributed by atoms with Gasteiger partial charge in [-0.1, -0.05) is 19.9 Å². The van der Waals surface area contributed by atoms with Crippen LogP contribution in [0.15, 0.2) is 18.2 Å². The van der Waals surface area contributed by atoms with Gasteiger partial charge in [-0.05, 0) is 36.9 Å². The van der Waals surface area contributed by atoms with E-state index in [1.807, 2.05) is 0 Å². The Hall–Kier alpha value is -1.29. The number of nitrogens with zero attached hydrogens (tertiary/aromatic N) is 1. The molecule has 0 unspecified atom stereocenters. The molecule has 1 heterocycles. The van der Waals surface area contributed by atoms with Gasteiger partial charge in [-0.25, -0.2) is 8.78 Å². The Morgan fingerprint density at radius 1 is 1.35 bits per heavy atom. The molecule has 1 aliphatic rings. The molecule has 0 atom stereocenters. The Balaban J connectivity index is 1.94. The highest BCUT2D eigenvalue weighted by molar-refractivity contribution is 5.96. The SMILES string of the molecule is CC1(C)CCCN(CCC(=O)c2cccc(F)c2F)C1. The monoisotopic (exact) mass is 281 g/mol. The molecule has 0 radical (unpaired) electrons. The van der Waals surface area contributed by atoms with Crippen molar-refractivity contribution in [2.24, 2.45) is 5.41 Å². The van der Waals surface area contributed by atoms with Gasteiger partial charge >= 0.3 is 0 Å². The van der Waals surface area contributed by atoms with Crippen LogP contribution in [0.3, 0.4) is 0 Å². The second-order valence-electron chi connectivity index (χ2n) is 6.32. The predicted molar refractivity (Wildman–Crippen MR) is 74.8 cm³/mol. The molecule has 110 valence electrons. The molecule has 0 aliphatic carbocycles. The molecule has 1 aromatic carbocycles. The Bertz CT molecular complexity index is 499. The molecule has 0 bridgehead atoms. The van der Waals surface area contributed by atoms with Crippen molar-refractivity contribution >= 4 is 5.78 Å². The van der Waals surface area contributed by atoms with Crippen LogP contribution < -0.4 is 0 Å². The standard InChI is InChI=1S/C16H21F2NO/c1-16(2)8-4-9-19(11-16)10-7-14(20)12-5-3-6-13(17)15(12)18/h3,5-6H,4,7-11H2,1-2H3. The van der Waals surface area contributed by atoms with E-state index in [1.54, 1.807) is 0 Å². The van der Waals surface area contributed by atoms with Crippen molar-refractivity contribution in [3.8, 4) is 0 Å². The van der Waals surface area contributed by atoms with Crippen molar-refractivity contribution in [2.45, 2.75) is 33.1 Å². The van der Waals surface area contributed by atoms with Crippen LogP contribution in [0.25, 0.3) is 0 Å². The van der Waals surface area contributed by atoms with Crippen LogP contribution >= 0.6 is 0 Å². The fourth-order valence-electron chi connectivity index (χ4n) is 2.85. The van der Waals surface area contributed by atoms with Gasteiger partial charge in [0.1, 0.15) is 0 Å². The molecule has 2 nitrogen and oxygen atoms in total. The average molecular weight is 281 g/mol. The van der Waals surface area contributed by atoms with Gasteiger partial charge in [-0.15, -0.1) is 0 Å². The summed E-state index contributed by atoms with van der Waals surface area (Å²) in [7, 11) is 0. The second kappa shape index (κ2) is 6.00. The molecular formula is C16H21F2NO. The highest BCUT2D eigenvalue weighted by Crippen LogP contribution is 2.28. The molecule has 1 fully saturated rings. The van der Waals surface area contributed by atoms with Crippen LogP contribution in [0.1, 0.15) is 43.5 Å². The summed E-state index contributed by atoms with van der Waals surface area (Å²) in [6.07, 6.45) is 2.54. The molecule has 0 amide bonds. The number of rotatable bonds is 4. The van der Waals surface area contributed by atoms with Crippen molar-refractivity contribution in [2.75, 3.05) is 19.6 Å². The number of ketones is 1. The number of piperidine rings is 1. The molecule has 2 rings (SSSR count). The smallest absolute Gasteiger partial charge is 0.169 e. The summed E-state index contributed by atoms with van der Waals surface area (Å²) >= 11 is 0. The molecule has 20 heavy (non-hydrogen) atoms. The maximum atomic E-state index is 13.5. The Labute approximate surface area is 118 Å². The summed E-state index contributed by atoms with van der Waals surface area (Å²) in [5, 5.41) is 0. The van der Waals surface area contributed by atoms with E-state index in [9.17, 15) is 13.6 Å². The number of hydrogen-bond donors (Lipinski definition) is 0. The van der Waals surface area contributed by atoms with Gasteiger partial charge in [0.15, 0.2) is 17.4 Å². The van der Waals surface area contributed by atoms with Gasteiger partial charge < -0.3 is 4.90 Å². The van der Waals surface area contributed by atoms with Crippen LogP contribution in [0.2, 0.25) is 0 Å². The number of halogens is 2. The second-order valence-corrected chi connectivity index (χ2v) is 6.32. The van der Waals surface area contributed by atoms with E-state index in [-0.39, 0.29) is 23.2 Å². The third kappa shape index (κ3) is 3.63. The van der Waals surface area contributed by atoms with Gasteiger partial charge in [-0.2, -0.15) is 0 Å². The van der Waals surface area contributed by atoms with Crippen LogP contribution in [-0.2, 0) is 0 Å². The van der Waals surface area contributed by atoms with E-state index in [0.717, 1.165) is 25.6 Å². The Kier molecular flexibility index (Phi) is 4.53. The van der Waals surface area contributed by atoms with E-state index >= 15 is 0 Å². The average Bonchev–Trinajstić information content (AvgIpc) is 2.38. The minimum Gasteiger partial charge on any atom is -0.302 e. The number of carbonyl (C=O) groups is 1. The van der Waals surface area contributed by atoms with E-state index in [0.29, 0.717) is 6.54 Å². The van der Waals surface area contributed by atoms with E-state index in [4.69, 9.17) is 0 Å². The molecule has 1 saturated heterocycles. The van der Waals surface area contributed by atoms with E-state index in [1.165, 1.54) is 18.6 Å². The summed E-state index contributed by atoms with van der Waals surface area (Å²) in [5.41, 5.74) is 0.132. The lowest BCUT2D eigenvalue weighted by atomic mass is 9.84. The molecule has 0 spiro atoms. The van der Waals surface area contributed by atoms with Gasteiger partial charge in [0, 0.05) is 19.5 Å². The van der Waals surface area contributed by atoms with E-state index < -0.39 is 11.6 Å². The number of hydrogen-bond acceptors (Lipinski definition) is 2. The van der Waals surface area contributed by atoms with E-state index in [2.05, 4.69) is 18.7 Å². The van der Waals surface area contributed by atoms with Crippen molar-refractivity contribution in [1.29, 1.82) is 0 Å². The van der Waals surface area contributed by atoms with Crippen LogP contribution in [-0.4, -0.2) is 30.3 Å². The summed E-state index contributed by atoms with van der Waals surface area (Å²) in [6.45, 7) is 6.97. The molecule has 0 N–H and O–H groups in total. The highest BCUT2D eigenvalue weighted by atomic mass is 19.2. The largest absolute Gasteiger partial charge is 0.302 e. The summed E-state index contributed by atoms with van der Waals surface area (Å²) < 4.78 is 26.6. The topological polar surface area (TPSA) is 20.3 Å². The third-order valence-electron chi connectivity index (χ3n) is 3.89. The summed E-state index contributed by atoms with van der Waals surface area (Å²) in [6, 6.07) is 3.75. The van der Waals surface area contributed by atoms with Gasteiger partial charge in [0.2, 0.25) is 0 Å². The zero-order valence-corrected chi connectivity index (χ0v) is 12.1. The van der Waals surface area contributed by atoms with Gasteiger partial charge in [-0.3, -0.25) is 4.79 Å². The van der Waals surface area contributed by atoms with Crippen molar-refractivity contribution in [3.63, 3.8) is 0 Å². The van der Waals surface area contributed by atoms with Gasteiger partial charge in [0.05, 0.1) is 5.56 Å². The predicted octanol–water partition coefficient (Wildman–Crippen LogP) is 3.66. The maximum absolute atomic E-state index is 13.5. The zero-order valence-electron chi connectivity index (χ0n) is 12.1. The third-order valence-corrected chi connectivity index (χ3v) is 3.89. The molecule has 0 aromatic heterocycles. The maximum Gasteiger partial charge on any atom is 0.169 e. The lowest BCUT2D eigenvalue weighted by Crippen LogP contribution is -2.40. The minimum absolute atomic E-state index is 0.138. The first-order valence-corrected chi connectivity index (χ1v) is 7.09. The molecular weight excluding hydrogens is 260 g/mol. The first-order chi connectivity index (χ1) is 9.39. The Morgan fingerprint density at radius 2 is 2.10 bits per heavy atom. The lowest BCUT2D eigenvalue weighted by Gasteiger charge is -2.37. The first kappa shape index (κ1) is 15.1. The number of Topliss-reactive ketones (excluding diaryl/α,β-unsaturated/α-hetero) is 1. The summed E-state index contributed by atoms with van der Waals surface area (Å²) in [4.78, 5) is 14.2. The fraction of sp³-hybridized carbons (Fsp3) is 0.562. The quantitative estimate of drug-likeness (QED) is 0.785. The summed E-state index contributed by atoms with van der Waals surface area (Å²) in [5.74, 6) is -2.32. The highest BCUT2D eigenvalue weighted by Gasteiger charge is 2.26. The fourth-order valence-corrected chi connectivity index (χ4v) is 2.85. The van der Waals surface area contributed by atoms with Crippen molar-refractivity contribution in [3.05, 3.63) is 35.4 Å². The zero-order chi connectivity index (χ0) is 14.8. The number of likely N-dealkylation sites (tertiary alicyclic amines) is 1. The lowest BCUT2D eigenvalue weighted by molar-refractivity contribution is 0.0892. The molecule has 1 aromatic rings. The first-order valence-electron chi connectivity index (χ1n) is 7.09. The van der Waals surface area contributed by atoms with Crippen LogP contribution in [0, 0.1) is 17.0 Å². The number of carbonyl (C=O) groups excluding carboxylic acids is 1. The normalized spacial score (nSPS) is 19.0.